The molecule has 0 bridgehead atoms. The van der Waals surface area contributed by atoms with E-state index in [0.29, 0.717) is 4.96 Å². The van der Waals surface area contributed by atoms with E-state index in [1.165, 1.54) is 21.4 Å². The van der Waals surface area contributed by atoms with Gasteiger partial charge in [-0.25, -0.2) is 4.98 Å². The van der Waals surface area contributed by atoms with Crippen molar-refractivity contribution in [2.24, 2.45) is 5.41 Å². The number of nitrogens with zero attached hydrogens (tertiary/aromatic N) is 3. The van der Waals surface area contributed by atoms with Gasteiger partial charge < -0.3 is 5.32 Å². The molecular formula is C19H24N4OS. The van der Waals surface area contributed by atoms with Crippen molar-refractivity contribution in [1.82, 2.24) is 14.6 Å². The fraction of sp³-hybridized carbons (Fsp3) is 0.421. The van der Waals surface area contributed by atoms with Gasteiger partial charge in [0.05, 0.1) is 0 Å². The standard InChI is InChI=1S/C19H24N4OS/c1-5-14-12-16(24)23-18(20-14)25-17(22-23)21-15(19(2,3)4)11-13-9-7-6-8-10-13/h6-10,12,15H,5,11H2,1-4H3,(H,21,22)/t15-/m1/s1. The Bertz CT molecular complexity index is 909. The lowest BCUT2D eigenvalue weighted by atomic mass is 9.83. The van der Waals surface area contributed by atoms with Crippen molar-refractivity contribution in [2.45, 2.75) is 46.6 Å². The molecule has 5 nitrogen and oxygen atoms in total. The van der Waals surface area contributed by atoms with Crippen LogP contribution in [0.4, 0.5) is 5.13 Å². The molecule has 0 saturated heterocycles. The average molecular weight is 356 g/mol. The van der Waals surface area contributed by atoms with Crippen LogP contribution >= 0.6 is 11.3 Å². The highest BCUT2D eigenvalue weighted by atomic mass is 32.1. The Balaban J connectivity index is 1.90. The molecule has 0 unspecified atom stereocenters. The molecule has 0 radical (unpaired) electrons. The third-order valence-corrected chi connectivity index (χ3v) is 5.13. The van der Waals surface area contributed by atoms with Crippen LogP contribution in [0.15, 0.2) is 41.2 Å². The number of hydrogen-bond donors (Lipinski definition) is 1. The summed E-state index contributed by atoms with van der Waals surface area (Å²) >= 11 is 1.43. The van der Waals surface area contributed by atoms with Gasteiger partial charge >= 0.3 is 0 Å². The monoisotopic (exact) mass is 356 g/mol. The van der Waals surface area contributed by atoms with Crippen LogP contribution in [-0.4, -0.2) is 20.6 Å². The zero-order chi connectivity index (χ0) is 18.0. The molecule has 0 amide bonds. The van der Waals surface area contributed by atoms with E-state index in [2.05, 4.69) is 60.4 Å². The van der Waals surface area contributed by atoms with Crippen molar-refractivity contribution >= 4 is 21.4 Å². The third kappa shape index (κ3) is 4.07. The average Bonchev–Trinajstić information content (AvgIpc) is 2.97. The summed E-state index contributed by atoms with van der Waals surface area (Å²) < 4.78 is 1.38. The van der Waals surface area contributed by atoms with Crippen LogP contribution in [-0.2, 0) is 12.8 Å². The van der Waals surface area contributed by atoms with Gasteiger partial charge in [0.15, 0.2) is 0 Å². The molecule has 0 fully saturated rings. The second kappa shape index (κ2) is 6.96. The normalized spacial score (nSPS) is 13.1. The molecule has 0 aliphatic heterocycles. The zero-order valence-electron chi connectivity index (χ0n) is 15.1. The summed E-state index contributed by atoms with van der Waals surface area (Å²) in [6.07, 6.45) is 1.63. The predicted octanol–water partition coefficient (Wildman–Crippen LogP) is 3.78. The summed E-state index contributed by atoms with van der Waals surface area (Å²) in [6.45, 7) is 8.62. The summed E-state index contributed by atoms with van der Waals surface area (Å²) in [7, 11) is 0. The SMILES string of the molecule is CCc1cc(=O)n2nc(N[C@H](Cc3ccccc3)C(C)(C)C)sc2n1. The maximum atomic E-state index is 12.2. The van der Waals surface area contributed by atoms with Crippen LogP contribution in [0.5, 0.6) is 0 Å². The summed E-state index contributed by atoms with van der Waals surface area (Å²) in [6, 6.07) is 12.2. The molecular weight excluding hydrogens is 332 g/mol. The Morgan fingerprint density at radius 3 is 2.60 bits per heavy atom. The van der Waals surface area contributed by atoms with Crippen LogP contribution in [0.2, 0.25) is 0 Å². The van der Waals surface area contributed by atoms with Gasteiger partial charge in [-0.05, 0) is 23.8 Å². The van der Waals surface area contributed by atoms with Gasteiger partial charge in [0.25, 0.3) is 5.56 Å². The predicted molar refractivity (Wildman–Crippen MR) is 104 cm³/mol. The van der Waals surface area contributed by atoms with E-state index >= 15 is 0 Å². The summed E-state index contributed by atoms with van der Waals surface area (Å²) in [4.78, 5) is 17.3. The maximum absolute atomic E-state index is 12.2. The first-order valence-corrected chi connectivity index (χ1v) is 9.38. The molecule has 3 aromatic rings. The number of aryl methyl sites for hydroxylation is 1. The Kier molecular flexibility index (Phi) is 4.90. The van der Waals surface area contributed by atoms with Crippen molar-refractivity contribution in [2.75, 3.05) is 5.32 Å². The minimum absolute atomic E-state index is 0.0423. The Morgan fingerprint density at radius 2 is 1.96 bits per heavy atom. The van der Waals surface area contributed by atoms with Crippen LogP contribution in [0, 0.1) is 5.41 Å². The highest BCUT2D eigenvalue weighted by Crippen LogP contribution is 2.28. The maximum Gasteiger partial charge on any atom is 0.275 e. The van der Waals surface area contributed by atoms with Crippen LogP contribution in [0.1, 0.15) is 39.0 Å². The topological polar surface area (TPSA) is 59.3 Å². The van der Waals surface area contributed by atoms with Gasteiger partial charge in [-0.1, -0.05) is 69.4 Å². The Morgan fingerprint density at radius 1 is 1.24 bits per heavy atom. The minimum Gasteiger partial charge on any atom is -0.356 e. The van der Waals surface area contributed by atoms with Crippen LogP contribution in [0.3, 0.4) is 0 Å². The van der Waals surface area contributed by atoms with Crippen molar-refractivity contribution < 1.29 is 0 Å². The fourth-order valence-electron chi connectivity index (χ4n) is 2.67. The van der Waals surface area contributed by atoms with E-state index in [4.69, 9.17) is 0 Å². The van der Waals surface area contributed by atoms with E-state index in [-0.39, 0.29) is 17.0 Å². The van der Waals surface area contributed by atoms with E-state index in [0.717, 1.165) is 23.7 Å². The molecule has 1 atom stereocenters. The van der Waals surface area contributed by atoms with Crippen LogP contribution in [0.25, 0.3) is 4.96 Å². The van der Waals surface area contributed by atoms with Crippen molar-refractivity contribution in [3.05, 3.63) is 58.0 Å². The van der Waals surface area contributed by atoms with Gasteiger partial charge in [-0.15, -0.1) is 5.10 Å². The number of benzene rings is 1. The molecule has 0 saturated carbocycles. The highest BCUT2D eigenvalue weighted by Gasteiger charge is 2.26. The molecule has 0 aliphatic carbocycles. The quantitative estimate of drug-likeness (QED) is 0.756. The largest absolute Gasteiger partial charge is 0.356 e. The molecule has 2 heterocycles. The molecule has 2 aromatic heterocycles. The lowest BCUT2D eigenvalue weighted by Crippen LogP contribution is -2.36. The van der Waals surface area contributed by atoms with Crippen molar-refractivity contribution in [3.8, 4) is 0 Å². The molecule has 132 valence electrons. The number of aromatic nitrogens is 3. The molecule has 0 aliphatic rings. The molecule has 6 heteroatoms. The first-order chi connectivity index (χ1) is 11.9. The number of anilines is 1. The van der Waals surface area contributed by atoms with Crippen molar-refractivity contribution in [3.63, 3.8) is 0 Å². The second-order valence-electron chi connectivity index (χ2n) is 7.29. The molecule has 0 spiro atoms. The Labute approximate surface area is 151 Å². The summed E-state index contributed by atoms with van der Waals surface area (Å²) in [5, 5.41) is 8.69. The summed E-state index contributed by atoms with van der Waals surface area (Å²) in [5.41, 5.74) is 2.00. The molecule has 1 aromatic carbocycles. The van der Waals surface area contributed by atoms with E-state index in [9.17, 15) is 4.79 Å². The lowest BCUT2D eigenvalue weighted by molar-refractivity contribution is 0.338. The summed E-state index contributed by atoms with van der Waals surface area (Å²) in [5.74, 6) is 0. The van der Waals surface area contributed by atoms with Gasteiger partial charge in [0.2, 0.25) is 10.1 Å². The smallest absolute Gasteiger partial charge is 0.275 e. The number of nitrogens with one attached hydrogen (secondary N) is 1. The van der Waals surface area contributed by atoms with E-state index < -0.39 is 0 Å². The highest BCUT2D eigenvalue weighted by molar-refractivity contribution is 7.20. The molecule has 3 rings (SSSR count). The number of fused-ring (bicyclic) bond motifs is 1. The van der Waals surface area contributed by atoms with Gasteiger partial charge in [0.1, 0.15) is 0 Å². The Hall–Kier alpha value is -2.21. The molecule has 25 heavy (non-hydrogen) atoms. The van der Waals surface area contributed by atoms with Crippen molar-refractivity contribution in [1.29, 1.82) is 0 Å². The van der Waals surface area contributed by atoms with Crippen LogP contribution < -0.4 is 10.9 Å². The number of rotatable bonds is 5. The van der Waals surface area contributed by atoms with Gasteiger partial charge in [0, 0.05) is 17.8 Å². The minimum atomic E-state index is -0.124. The lowest BCUT2D eigenvalue weighted by Gasteiger charge is -2.31. The molecule has 1 N–H and O–H groups in total. The second-order valence-corrected chi connectivity index (χ2v) is 8.25. The van der Waals surface area contributed by atoms with E-state index in [1.807, 2.05) is 13.0 Å². The third-order valence-electron chi connectivity index (χ3n) is 4.29. The van der Waals surface area contributed by atoms with Gasteiger partial charge in [-0.3, -0.25) is 4.79 Å². The zero-order valence-corrected chi connectivity index (χ0v) is 15.9. The fourth-order valence-corrected chi connectivity index (χ4v) is 3.55. The van der Waals surface area contributed by atoms with E-state index in [1.54, 1.807) is 6.07 Å². The first-order valence-electron chi connectivity index (χ1n) is 8.57. The number of hydrogen-bond acceptors (Lipinski definition) is 5. The van der Waals surface area contributed by atoms with Gasteiger partial charge in [-0.2, -0.15) is 4.52 Å². The first kappa shape index (κ1) is 17.6.